The highest BCUT2D eigenvalue weighted by Crippen LogP contribution is 2.31. The van der Waals surface area contributed by atoms with Crippen molar-refractivity contribution in [1.82, 2.24) is 0 Å². The molecular weight excluding hydrogens is 268 g/mol. The molecule has 1 heterocycles. The molecule has 0 aliphatic carbocycles. The Hall–Kier alpha value is -1.61. The molecule has 0 amide bonds. The molecular formula is C17H20O2S. The number of carbonyl (C=O) groups excluding carboxylic acids is 1. The predicted octanol–water partition coefficient (Wildman–Crippen LogP) is 4.65. The zero-order chi connectivity index (χ0) is 14.5. The molecule has 0 aliphatic rings. The average Bonchev–Trinajstić information content (AvgIpc) is 2.74. The number of fused-ring (bicyclic) bond motifs is 1. The molecule has 2 rings (SSSR count). The van der Waals surface area contributed by atoms with Gasteiger partial charge in [-0.3, -0.25) is 0 Å². The summed E-state index contributed by atoms with van der Waals surface area (Å²) < 4.78 is 6.46. The Morgan fingerprint density at radius 3 is 2.80 bits per heavy atom. The minimum Gasteiger partial charge on any atom is -0.462 e. The van der Waals surface area contributed by atoms with Crippen LogP contribution in [0.15, 0.2) is 36.4 Å². The fraction of sp³-hybridized carbons (Fsp3) is 0.353. The predicted molar refractivity (Wildman–Crippen MR) is 85.3 cm³/mol. The van der Waals surface area contributed by atoms with Crippen LogP contribution in [0.3, 0.4) is 0 Å². The van der Waals surface area contributed by atoms with E-state index in [0.29, 0.717) is 12.2 Å². The highest BCUT2D eigenvalue weighted by atomic mass is 32.1. The molecule has 3 heteroatoms. The minimum atomic E-state index is -0.290. The van der Waals surface area contributed by atoms with Gasteiger partial charge in [-0.15, -0.1) is 11.3 Å². The first kappa shape index (κ1) is 14.8. The third-order valence-corrected chi connectivity index (χ3v) is 4.43. The molecule has 1 aromatic carbocycles. The Bertz CT molecular complexity index is 625. The van der Waals surface area contributed by atoms with Crippen LogP contribution in [0.4, 0.5) is 0 Å². The largest absolute Gasteiger partial charge is 0.462 e. The molecule has 20 heavy (non-hydrogen) atoms. The van der Waals surface area contributed by atoms with Crippen molar-refractivity contribution in [1.29, 1.82) is 0 Å². The molecule has 0 aliphatic heterocycles. The molecule has 0 bridgehead atoms. The van der Waals surface area contributed by atoms with Gasteiger partial charge in [0.1, 0.15) is 0 Å². The van der Waals surface area contributed by atoms with Crippen LogP contribution >= 0.6 is 11.3 Å². The number of esters is 1. The number of ether oxygens (including phenoxy) is 1. The van der Waals surface area contributed by atoms with Crippen LogP contribution in [0.1, 0.15) is 30.2 Å². The highest BCUT2D eigenvalue weighted by Gasteiger charge is 2.08. The monoisotopic (exact) mass is 288 g/mol. The van der Waals surface area contributed by atoms with Crippen LogP contribution in [0, 0.1) is 6.92 Å². The van der Waals surface area contributed by atoms with Crippen molar-refractivity contribution < 1.29 is 9.53 Å². The van der Waals surface area contributed by atoms with E-state index in [0.717, 1.165) is 19.3 Å². The fourth-order valence-electron chi connectivity index (χ4n) is 2.22. The topological polar surface area (TPSA) is 26.3 Å². The minimum absolute atomic E-state index is 0.290. The number of hydrogen-bond acceptors (Lipinski definition) is 3. The second kappa shape index (κ2) is 6.71. The van der Waals surface area contributed by atoms with Gasteiger partial charge in [0.05, 0.1) is 6.61 Å². The number of rotatable bonds is 6. The summed E-state index contributed by atoms with van der Waals surface area (Å²) in [5, 5.41) is 1.37. The van der Waals surface area contributed by atoms with Crippen molar-refractivity contribution in [2.75, 3.05) is 6.61 Å². The van der Waals surface area contributed by atoms with Crippen LogP contribution < -0.4 is 0 Å². The SMILES string of the molecule is C=C(C)C(=O)OCCCCc1c(C)sc2ccccc12. The Balaban J connectivity index is 1.86. The molecule has 0 atom stereocenters. The molecule has 0 unspecified atom stereocenters. The standard InChI is InChI=1S/C17H20O2S/c1-12(2)17(18)19-11-7-6-8-14-13(3)20-16-10-5-4-9-15(14)16/h4-5,9-10H,1,6-8,11H2,2-3H3. The number of carbonyl (C=O) groups is 1. The van der Waals surface area contributed by atoms with E-state index < -0.39 is 0 Å². The first-order valence-electron chi connectivity index (χ1n) is 6.89. The summed E-state index contributed by atoms with van der Waals surface area (Å²) in [4.78, 5) is 12.6. The lowest BCUT2D eigenvalue weighted by molar-refractivity contribution is -0.139. The molecule has 0 N–H and O–H groups in total. The van der Waals surface area contributed by atoms with Gasteiger partial charge in [-0.05, 0) is 50.1 Å². The van der Waals surface area contributed by atoms with E-state index in [9.17, 15) is 4.79 Å². The van der Waals surface area contributed by atoms with E-state index >= 15 is 0 Å². The third kappa shape index (κ3) is 3.48. The maximum absolute atomic E-state index is 11.2. The van der Waals surface area contributed by atoms with Gasteiger partial charge in [0.15, 0.2) is 0 Å². The molecule has 2 nitrogen and oxygen atoms in total. The maximum Gasteiger partial charge on any atom is 0.333 e. The lowest BCUT2D eigenvalue weighted by Crippen LogP contribution is -2.06. The molecule has 0 radical (unpaired) electrons. The lowest BCUT2D eigenvalue weighted by Gasteiger charge is -2.05. The third-order valence-electron chi connectivity index (χ3n) is 3.30. The van der Waals surface area contributed by atoms with Gasteiger partial charge in [-0.25, -0.2) is 4.79 Å². The summed E-state index contributed by atoms with van der Waals surface area (Å²) in [7, 11) is 0. The highest BCUT2D eigenvalue weighted by molar-refractivity contribution is 7.19. The summed E-state index contributed by atoms with van der Waals surface area (Å²) in [5.74, 6) is -0.290. The number of thiophene rings is 1. The second-order valence-electron chi connectivity index (χ2n) is 5.01. The lowest BCUT2D eigenvalue weighted by atomic mass is 10.0. The molecule has 106 valence electrons. The summed E-state index contributed by atoms with van der Waals surface area (Å²) in [6.07, 6.45) is 2.97. The van der Waals surface area contributed by atoms with E-state index in [-0.39, 0.29) is 5.97 Å². The van der Waals surface area contributed by atoms with Gasteiger partial charge in [0.2, 0.25) is 0 Å². The van der Waals surface area contributed by atoms with Gasteiger partial charge >= 0.3 is 5.97 Å². The Kier molecular flexibility index (Phi) is 4.96. The van der Waals surface area contributed by atoms with Gasteiger partial charge in [0.25, 0.3) is 0 Å². The maximum atomic E-state index is 11.2. The first-order valence-corrected chi connectivity index (χ1v) is 7.71. The normalized spacial score (nSPS) is 10.7. The Labute approximate surface area is 124 Å². The van der Waals surface area contributed by atoms with Gasteiger partial charge in [-0.1, -0.05) is 24.8 Å². The van der Waals surface area contributed by atoms with Crippen molar-refractivity contribution in [3.8, 4) is 0 Å². The second-order valence-corrected chi connectivity index (χ2v) is 6.26. The van der Waals surface area contributed by atoms with Crippen molar-refractivity contribution in [3.63, 3.8) is 0 Å². The van der Waals surface area contributed by atoms with Crippen LogP contribution in [-0.2, 0) is 16.0 Å². The van der Waals surface area contributed by atoms with E-state index in [1.54, 1.807) is 6.92 Å². The summed E-state index contributed by atoms with van der Waals surface area (Å²) in [6.45, 7) is 7.90. The average molecular weight is 288 g/mol. The molecule has 1 aromatic heterocycles. The van der Waals surface area contributed by atoms with Crippen molar-refractivity contribution in [2.45, 2.75) is 33.1 Å². The van der Waals surface area contributed by atoms with Crippen LogP contribution in [0.25, 0.3) is 10.1 Å². The van der Waals surface area contributed by atoms with Crippen LogP contribution in [-0.4, -0.2) is 12.6 Å². The van der Waals surface area contributed by atoms with E-state index in [4.69, 9.17) is 4.74 Å². The summed E-state index contributed by atoms with van der Waals surface area (Å²) in [5.41, 5.74) is 1.90. The smallest absolute Gasteiger partial charge is 0.333 e. The van der Waals surface area contributed by atoms with E-state index in [2.05, 4.69) is 37.8 Å². The molecule has 0 spiro atoms. The zero-order valence-electron chi connectivity index (χ0n) is 12.1. The summed E-state index contributed by atoms with van der Waals surface area (Å²) in [6, 6.07) is 8.53. The number of unbranched alkanes of at least 4 members (excludes halogenated alkanes) is 1. The van der Waals surface area contributed by atoms with Gasteiger partial charge in [-0.2, -0.15) is 0 Å². The van der Waals surface area contributed by atoms with E-state index in [1.165, 1.54) is 20.5 Å². The van der Waals surface area contributed by atoms with Gasteiger partial charge in [0, 0.05) is 15.2 Å². The Morgan fingerprint density at radius 1 is 1.30 bits per heavy atom. The molecule has 0 saturated carbocycles. The number of hydrogen-bond donors (Lipinski definition) is 0. The quantitative estimate of drug-likeness (QED) is 0.439. The van der Waals surface area contributed by atoms with E-state index in [1.807, 2.05) is 11.3 Å². The van der Waals surface area contributed by atoms with Crippen molar-refractivity contribution in [3.05, 3.63) is 46.9 Å². The molecule has 0 saturated heterocycles. The Morgan fingerprint density at radius 2 is 2.05 bits per heavy atom. The number of benzene rings is 1. The van der Waals surface area contributed by atoms with Crippen molar-refractivity contribution in [2.24, 2.45) is 0 Å². The van der Waals surface area contributed by atoms with Crippen LogP contribution in [0.5, 0.6) is 0 Å². The molecule has 2 aromatic rings. The fourth-order valence-corrected chi connectivity index (χ4v) is 3.34. The van der Waals surface area contributed by atoms with Crippen LogP contribution in [0.2, 0.25) is 0 Å². The summed E-state index contributed by atoms with van der Waals surface area (Å²) >= 11 is 1.85. The zero-order valence-corrected chi connectivity index (χ0v) is 12.9. The number of aryl methyl sites for hydroxylation is 2. The van der Waals surface area contributed by atoms with Crippen molar-refractivity contribution >= 4 is 27.4 Å². The first-order chi connectivity index (χ1) is 9.59. The van der Waals surface area contributed by atoms with Gasteiger partial charge < -0.3 is 4.74 Å². The molecule has 0 fully saturated rings.